The molecule has 0 aromatic carbocycles. The molecule has 0 saturated heterocycles. The molecule has 0 saturated carbocycles. The topological polar surface area (TPSA) is 73.8 Å². The Morgan fingerprint density at radius 1 is 1.25 bits per heavy atom. The van der Waals surface area contributed by atoms with Crippen molar-refractivity contribution in [1.82, 2.24) is 19.7 Å². The molecular formula is C16H20N4O2S2. The van der Waals surface area contributed by atoms with Gasteiger partial charge in [0.15, 0.2) is 5.16 Å². The first-order valence-corrected chi connectivity index (χ1v) is 9.68. The Morgan fingerprint density at radius 3 is 2.58 bits per heavy atom. The Kier molecular flexibility index (Phi) is 4.78. The third-order valence-corrected chi connectivity index (χ3v) is 5.89. The lowest BCUT2D eigenvalue weighted by molar-refractivity contribution is 0.469. The average Bonchev–Trinajstić information content (AvgIpc) is 3.10. The summed E-state index contributed by atoms with van der Waals surface area (Å²) in [7, 11) is 0. The Labute approximate surface area is 148 Å². The van der Waals surface area contributed by atoms with Crippen LogP contribution in [0, 0.1) is 13.8 Å². The van der Waals surface area contributed by atoms with Gasteiger partial charge in [-0.25, -0.2) is 4.98 Å². The van der Waals surface area contributed by atoms with Crippen LogP contribution in [-0.2, 0) is 12.2 Å². The van der Waals surface area contributed by atoms with E-state index in [-0.39, 0.29) is 11.6 Å². The molecule has 0 aliphatic heterocycles. The summed E-state index contributed by atoms with van der Waals surface area (Å²) in [5.41, 5.74) is 1.06. The van der Waals surface area contributed by atoms with Crippen LogP contribution in [0.3, 0.4) is 0 Å². The molecule has 3 aromatic rings. The minimum Gasteiger partial charge on any atom is -0.424 e. The van der Waals surface area contributed by atoms with Crippen molar-refractivity contribution in [2.75, 3.05) is 0 Å². The summed E-state index contributed by atoms with van der Waals surface area (Å²) in [6.45, 7) is 9.97. The normalized spacial score (nSPS) is 11.8. The van der Waals surface area contributed by atoms with Crippen molar-refractivity contribution in [3.8, 4) is 0 Å². The quantitative estimate of drug-likeness (QED) is 0.505. The van der Waals surface area contributed by atoms with E-state index in [0.717, 1.165) is 20.7 Å². The molecule has 0 fully saturated rings. The number of hydrogen-bond donors (Lipinski definition) is 0. The fourth-order valence-corrected chi connectivity index (χ4v) is 4.50. The van der Waals surface area contributed by atoms with Gasteiger partial charge in [0.25, 0.3) is 5.56 Å². The maximum Gasteiger partial charge on any atom is 0.263 e. The molecule has 6 nitrogen and oxygen atoms in total. The second kappa shape index (κ2) is 6.68. The zero-order chi connectivity index (χ0) is 17.4. The van der Waals surface area contributed by atoms with Gasteiger partial charge in [0.2, 0.25) is 11.8 Å². The van der Waals surface area contributed by atoms with Crippen molar-refractivity contribution in [2.24, 2.45) is 0 Å². The number of rotatable bonds is 5. The molecule has 0 radical (unpaired) electrons. The first kappa shape index (κ1) is 17.2. The molecular weight excluding hydrogens is 344 g/mol. The van der Waals surface area contributed by atoms with Gasteiger partial charge in [-0.1, -0.05) is 18.7 Å². The smallest absolute Gasteiger partial charge is 0.263 e. The van der Waals surface area contributed by atoms with E-state index in [1.807, 2.05) is 34.6 Å². The highest BCUT2D eigenvalue weighted by atomic mass is 32.2. The predicted octanol–water partition coefficient (Wildman–Crippen LogP) is 3.89. The Morgan fingerprint density at radius 2 is 1.96 bits per heavy atom. The van der Waals surface area contributed by atoms with Crippen molar-refractivity contribution in [3.63, 3.8) is 0 Å². The molecule has 0 unspecified atom stereocenters. The standard InChI is InChI=1S/C16H20N4O2S2/c1-6-11-18-19-12(22-11)7-23-16-17-14-13(9(4)10(5)24-14)15(21)20(16)8(2)3/h8H,6-7H2,1-5H3. The minimum atomic E-state index is 0.0270. The van der Waals surface area contributed by atoms with Crippen LogP contribution in [0.2, 0.25) is 0 Å². The highest BCUT2D eigenvalue weighted by Gasteiger charge is 2.19. The van der Waals surface area contributed by atoms with Crippen molar-refractivity contribution in [3.05, 3.63) is 32.6 Å². The summed E-state index contributed by atoms with van der Waals surface area (Å²) in [6.07, 6.45) is 0.715. The van der Waals surface area contributed by atoms with Crippen LogP contribution in [-0.4, -0.2) is 19.7 Å². The van der Waals surface area contributed by atoms with Gasteiger partial charge in [-0.15, -0.1) is 21.5 Å². The van der Waals surface area contributed by atoms with Gasteiger partial charge in [0.1, 0.15) is 4.83 Å². The van der Waals surface area contributed by atoms with Gasteiger partial charge in [-0.05, 0) is 33.3 Å². The monoisotopic (exact) mass is 364 g/mol. The van der Waals surface area contributed by atoms with Crippen molar-refractivity contribution in [2.45, 2.75) is 58.0 Å². The summed E-state index contributed by atoms with van der Waals surface area (Å²) in [5, 5.41) is 9.43. The molecule has 8 heteroatoms. The second-order valence-corrected chi connectivity index (χ2v) is 8.00. The van der Waals surface area contributed by atoms with Crippen LogP contribution in [0.4, 0.5) is 0 Å². The number of fused-ring (bicyclic) bond motifs is 1. The second-order valence-electron chi connectivity index (χ2n) is 5.86. The summed E-state index contributed by atoms with van der Waals surface area (Å²) in [4.78, 5) is 19.6. The van der Waals surface area contributed by atoms with E-state index in [1.54, 1.807) is 15.9 Å². The van der Waals surface area contributed by atoms with Crippen LogP contribution >= 0.6 is 23.1 Å². The molecule has 3 rings (SSSR count). The van der Waals surface area contributed by atoms with E-state index in [1.165, 1.54) is 11.8 Å². The third-order valence-electron chi connectivity index (χ3n) is 3.85. The Hall–Kier alpha value is -1.67. The maximum absolute atomic E-state index is 13.0. The number of thioether (sulfide) groups is 1. The summed E-state index contributed by atoms with van der Waals surface area (Å²) < 4.78 is 7.29. The molecule has 3 aromatic heterocycles. The molecule has 0 N–H and O–H groups in total. The van der Waals surface area contributed by atoms with E-state index >= 15 is 0 Å². The number of nitrogens with zero attached hydrogens (tertiary/aromatic N) is 4. The zero-order valence-corrected chi connectivity index (χ0v) is 16.0. The van der Waals surface area contributed by atoms with E-state index in [2.05, 4.69) is 10.2 Å². The van der Waals surface area contributed by atoms with Gasteiger partial charge in [0, 0.05) is 17.3 Å². The highest BCUT2D eigenvalue weighted by Crippen LogP contribution is 2.30. The molecule has 0 bridgehead atoms. The van der Waals surface area contributed by atoms with Gasteiger partial charge >= 0.3 is 0 Å². The SMILES string of the molecule is CCc1nnc(CSc2nc3sc(C)c(C)c3c(=O)n2C(C)C)o1. The first-order chi connectivity index (χ1) is 11.4. The zero-order valence-electron chi connectivity index (χ0n) is 14.4. The van der Waals surface area contributed by atoms with Gasteiger partial charge in [-0.3, -0.25) is 9.36 Å². The van der Waals surface area contributed by atoms with Crippen LogP contribution in [0.5, 0.6) is 0 Å². The average molecular weight is 364 g/mol. The minimum absolute atomic E-state index is 0.0270. The van der Waals surface area contributed by atoms with Crippen LogP contribution in [0.25, 0.3) is 10.2 Å². The van der Waals surface area contributed by atoms with E-state index in [9.17, 15) is 4.79 Å². The Bertz CT molecular complexity index is 940. The van der Waals surface area contributed by atoms with Crippen molar-refractivity contribution < 1.29 is 4.42 Å². The van der Waals surface area contributed by atoms with Crippen LogP contribution in [0.15, 0.2) is 14.4 Å². The first-order valence-electron chi connectivity index (χ1n) is 7.88. The predicted molar refractivity (Wildman–Crippen MR) is 97.0 cm³/mol. The lowest BCUT2D eigenvalue weighted by Crippen LogP contribution is -2.24. The molecule has 3 heterocycles. The largest absolute Gasteiger partial charge is 0.424 e. The number of aryl methyl sites for hydroxylation is 3. The van der Waals surface area contributed by atoms with Crippen LogP contribution < -0.4 is 5.56 Å². The highest BCUT2D eigenvalue weighted by molar-refractivity contribution is 7.98. The van der Waals surface area contributed by atoms with Crippen LogP contribution in [0.1, 0.15) is 49.0 Å². The molecule has 0 aliphatic carbocycles. The van der Waals surface area contributed by atoms with Crippen molar-refractivity contribution >= 4 is 33.3 Å². The van der Waals surface area contributed by atoms with Gasteiger partial charge in [0.05, 0.1) is 11.1 Å². The summed E-state index contributed by atoms with van der Waals surface area (Å²) in [5.74, 6) is 1.68. The maximum atomic E-state index is 13.0. The summed E-state index contributed by atoms with van der Waals surface area (Å²) >= 11 is 3.03. The third kappa shape index (κ3) is 3.00. The lowest BCUT2D eigenvalue weighted by atomic mass is 10.2. The van der Waals surface area contributed by atoms with Gasteiger partial charge in [-0.2, -0.15) is 0 Å². The molecule has 0 amide bonds. The Balaban J connectivity index is 2.02. The molecule has 0 atom stereocenters. The van der Waals surface area contributed by atoms with Gasteiger partial charge < -0.3 is 4.42 Å². The number of hydrogen-bond acceptors (Lipinski definition) is 7. The summed E-state index contributed by atoms with van der Waals surface area (Å²) in [6, 6.07) is 0.0328. The van der Waals surface area contributed by atoms with E-state index < -0.39 is 0 Å². The molecule has 0 spiro atoms. The fraction of sp³-hybridized carbons (Fsp3) is 0.500. The van der Waals surface area contributed by atoms with E-state index in [0.29, 0.717) is 29.1 Å². The number of aromatic nitrogens is 4. The van der Waals surface area contributed by atoms with Crippen molar-refractivity contribution in [1.29, 1.82) is 0 Å². The lowest BCUT2D eigenvalue weighted by Gasteiger charge is -2.14. The fourth-order valence-electron chi connectivity index (χ4n) is 2.46. The number of thiophene rings is 1. The van der Waals surface area contributed by atoms with E-state index in [4.69, 9.17) is 9.40 Å². The molecule has 24 heavy (non-hydrogen) atoms. The molecule has 0 aliphatic rings. The molecule has 128 valence electrons.